The predicted molar refractivity (Wildman–Crippen MR) is 135 cm³/mol. The molecule has 1 aromatic heterocycles. The summed E-state index contributed by atoms with van der Waals surface area (Å²) in [6.07, 6.45) is 2.88. The van der Waals surface area contributed by atoms with E-state index in [2.05, 4.69) is 33.6 Å². The SMILES string of the molecule is CCOc1ccc(C(C)NC(=NC)NCCCSc2nccs2)cc1OCC.I. The van der Waals surface area contributed by atoms with E-state index in [-0.39, 0.29) is 30.0 Å². The summed E-state index contributed by atoms with van der Waals surface area (Å²) in [6, 6.07) is 6.15. The van der Waals surface area contributed by atoms with Crippen molar-refractivity contribution in [3.63, 3.8) is 0 Å². The van der Waals surface area contributed by atoms with E-state index < -0.39 is 0 Å². The fourth-order valence-corrected chi connectivity index (χ4v) is 4.19. The van der Waals surface area contributed by atoms with Gasteiger partial charge in [0.15, 0.2) is 17.5 Å². The molecule has 9 heteroatoms. The smallest absolute Gasteiger partial charge is 0.191 e. The van der Waals surface area contributed by atoms with Gasteiger partial charge < -0.3 is 20.1 Å². The number of aromatic nitrogens is 1. The maximum absolute atomic E-state index is 5.73. The van der Waals surface area contributed by atoms with E-state index in [1.807, 2.05) is 37.6 Å². The molecule has 0 fully saturated rings. The molecule has 0 aliphatic carbocycles. The van der Waals surface area contributed by atoms with Crippen molar-refractivity contribution in [3.8, 4) is 11.5 Å². The summed E-state index contributed by atoms with van der Waals surface area (Å²) >= 11 is 3.47. The van der Waals surface area contributed by atoms with Crippen LogP contribution in [-0.2, 0) is 0 Å². The predicted octanol–water partition coefficient (Wildman–Crippen LogP) is 4.97. The molecule has 2 aromatic rings. The highest BCUT2D eigenvalue weighted by Crippen LogP contribution is 2.30. The van der Waals surface area contributed by atoms with Crippen LogP contribution in [0.2, 0.25) is 0 Å². The summed E-state index contributed by atoms with van der Waals surface area (Å²) < 4.78 is 12.5. The van der Waals surface area contributed by atoms with Crippen molar-refractivity contribution in [3.05, 3.63) is 35.3 Å². The number of rotatable bonds is 11. The Morgan fingerprint density at radius 1 is 1.24 bits per heavy atom. The third-order valence-corrected chi connectivity index (χ3v) is 5.95. The van der Waals surface area contributed by atoms with Crippen LogP contribution in [0.3, 0.4) is 0 Å². The number of benzene rings is 1. The first kappa shape index (κ1) is 25.8. The standard InChI is InChI=1S/C20H30N4O2S2.HI/c1-5-25-17-9-8-16(14-18(17)26-6-2)15(3)24-19(21-4)22-10-7-12-27-20-23-11-13-28-20;/h8-9,11,13-15H,5-7,10,12H2,1-4H3,(H2,21,22,24);1H. The molecule has 6 nitrogen and oxygen atoms in total. The van der Waals surface area contributed by atoms with Gasteiger partial charge in [-0.1, -0.05) is 17.8 Å². The van der Waals surface area contributed by atoms with Crippen LogP contribution in [0, 0.1) is 0 Å². The molecule has 0 aliphatic rings. The molecule has 0 amide bonds. The Bertz CT molecular complexity index is 729. The lowest BCUT2D eigenvalue weighted by molar-refractivity contribution is 0.287. The first-order chi connectivity index (χ1) is 13.7. The van der Waals surface area contributed by atoms with Crippen molar-refractivity contribution < 1.29 is 9.47 Å². The quantitative estimate of drug-likeness (QED) is 0.136. The largest absolute Gasteiger partial charge is 0.490 e. The number of hydrogen-bond donors (Lipinski definition) is 2. The number of hydrogen-bond acceptors (Lipinski definition) is 6. The van der Waals surface area contributed by atoms with Gasteiger partial charge >= 0.3 is 0 Å². The fraction of sp³-hybridized carbons (Fsp3) is 0.500. The maximum Gasteiger partial charge on any atom is 0.191 e. The molecule has 2 N–H and O–H groups in total. The first-order valence-corrected chi connectivity index (χ1v) is 11.4. The average Bonchev–Trinajstić information content (AvgIpc) is 3.22. The highest BCUT2D eigenvalue weighted by molar-refractivity contribution is 14.0. The second-order valence-corrected chi connectivity index (χ2v) is 8.17. The minimum atomic E-state index is 0. The molecule has 0 aliphatic heterocycles. The average molecular weight is 551 g/mol. The number of thiazole rings is 1. The van der Waals surface area contributed by atoms with Gasteiger partial charge in [0.25, 0.3) is 0 Å². The lowest BCUT2D eigenvalue weighted by Gasteiger charge is -2.20. The number of guanidine groups is 1. The molecule has 1 atom stereocenters. The zero-order chi connectivity index (χ0) is 20.2. The molecule has 1 unspecified atom stereocenters. The monoisotopic (exact) mass is 550 g/mol. The van der Waals surface area contributed by atoms with Crippen molar-refractivity contribution in [2.24, 2.45) is 4.99 Å². The fourth-order valence-electron chi connectivity index (χ4n) is 2.54. The summed E-state index contributed by atoms with van der Waals surface area (Å²) in [7, 11) is 1.79. The number of aliphatic imine (C=N–C) groups is 1. The summed E-state index contributed by atoms with van der Waals surface area (Å²) in [4.78, 5) is 8.61. The Kier molecular flexibility index (Phi) is 13.1. The molecule has 0 radical (unpaired) electrons. The summed E-state index contributed by atoms with van der Waals surface area (Å²) in [5.41, 5.74) is 1.12. The zero-order valence-corrected chi connectivity index (χ0v) is 21.4. The van der Waals surface area contributed by atoms with Crippen molar-refractivity contribution in [1.82, 2.24) is 15.6 Å². The second kappa shape index (κ2) is 14.7. The molecule has 0 saturated heterocycles. The zero-order valence-electron chi connectivity index (χ0n) is 17.4. The van der Waals surface area contributed by atoms with E-state index >= 15 is 0 Å². The van der Waals surface area contributed by atoms with E-state index in [4.69, 9.17) is 9.47 Å². The molecule has 29 heavy (non-hydrogen) atoms. The number of nitrogens with one attached hydrogen (secondary N) is 2. The van der Waals surface area contributed by atoms with Crippen LogP contribution < -0.4 is 20.1 Å². The third-order valence-electron chi connectivity index (χ3n) is 3.89. The molecule has 2 rings (SSSR count). The Morgan fingerprint density at radius 3 is 2.66 bits per heavy atom. The van der Waals surface area contributed by atoms with Crippen LogP contribution in [0.25, 0.3) is 0 Å². The van der Waals surface area contributed by atoms with Gasteiger partial charge in [-0.05, 0) is 44.9 Å². The molecular weight excluding hydrogens is 519 g/mol. The molecular formula is C20H31IN4O2S2. The van der Waals surface area contributed by atoms with Gasteiger partial charge in [-0.25, -0.2) is 4.98 Å². The van der Waals surface area contributed by atoms with Crippen LogP contribution in [0.15, 0.2) is 39.1 Å². The van der Waals surface area contributed by atoms with Crippen LogP contribution in [0.4, 0.5) is 0 Å². The minimum Gasteiger partial charge on any atom is -0.490 e. The van der Waals surface area contributed by atoms with Gasteiger partial charge in [0.05, 0.1) is 19.3 Å². The Morgan fingerprint density at radius 2 is 2.00 bits per heavy atom. The molecule has 0 spiro atoms. The van der Waals surface area contributed by atoms with Crippen molar-refractivity contribution in [2.75, 3.05) is 32.6 Å². The van der Waals surface area contributed by atoms with Crippen LogP contribution in [0.1, 0.15) is 38.8 Å². The number of halogens is 1. The Hall–Kier alpha value is -1.20. The van der Waals surface area contributed by atoms with Gasteiger partial charge in [0.1, 0.15) is 4.34 Å². The Balaban J connectivity index is 0.00000420. The van der Waals surface area contributed by atoms with Gasteiger partial charge in [-0.3, -0.25) is 4.99 Å². The topological polar surface area (TPSA) is 67.8 Å². The van der Waals surface area contributed by atoms with Gasteiger partial charge in [0.2, 0.25) is 0 Å². The number of thioether (sulfide) groups is 1. The number of nitrogens with zero attached hydrogens (tertiary/aromatic N) is 2. The van der Waals surface area contributed by atoms with Crippen LogP contribution in [-0.4, -0.2) is 43.5 Å². The Labute approximate surface area is 199 Å². The molecule has 0 bridgehead atoms. The highest BCUT2D eigenvalue weighted by Gasteiger charge is 2.12. The van der Waals surface area contributed by atoms with E-state index in [9.17, 15) is 0 Å². The molecule has 0 saturated carbocycles. The highest BCUT2D eigenvalue weighted by atomic mass is 127. The summed E-state index contributed by atoms with van der Waals surface area (Å²) in [5, 5.41) is 8.81. The van der Waals surface area contributed by atoms with E-state index in [1.54, 1.807) is 30.1 Å². The summed E-state index contributed by atoms with van der Waals surface area (Å²) in [6.45, 7) is 8.13. The minimum absolute atomic E-state index is 0. The van der Waals surface area contributed by atoms with Crippen LogP contribution >= 0.6 is 47.1 Å². The third kappa shape index (κ3) is 9.00. The van der Waals surface area contributed by atoms with Gasteiger partial charge in [-0.2, -0.15) is 0 Å². The van der Waals surface area contributed by atoms with E-state index in [0.717, 1.165) is 46.1 Å². The molecule has 1 heterocycles. The van der Waals surface area contributed by atoms with Crippen molar-refractivity contribution in [1.29, 1.82) is 0 Å². The number of ether oxygens (including phenoxy) is 2. The summed E-state index contributed by atoms with van der Waals surface area (Å²) in [5.74, 6) is 3.38. The lowest BCUT2D eigenvalue weighted by Crippen LogP contribution is -2.39. The van der Waals surface area contributed by atoms with Crippen molar-refractivity contribution in [2.45, 2.75) is 37.6 Å². The normalized spacial score (nSPS) is 12.1. The van der Waals surface area contributed by atoms with Crippen LogP contribution in [0.5, 0.6) is 11.5 Å². The maximum atomic E-state index is 5.73. The van der Waals surface area contributed by atoms with E-state index in [0.29, 0.717) is 13.2 Å². The molecule has 1 aromatic carbocycles. The van der Waals surface area contributed by atoms with Gasteiger partial charge in [-0.15, -0.1) is 35.3 Å². The van der Waals surface area contributed by atoms with E-state index in [1.165, 1.54) is 0 Å². The first-order valence-electron chi connectivity index (χ1n) is 9.56. The van der Waals surface area contributed by atoms with Crippen molar-refractivity contribution >= 4 is 53.0 Å². The van der Waals surface area contributed by atoms with Gasteiger partial charge in [0, 0.05) is 30.9 Å². The lowest BCUT2D eigenvalue weighted by atomic mass is 10.1. The molecule has 162 valence electrons. The second-order valence-electron chi connectivity index (χ2n) is 5.94.